The number of rotatable bonds is 5. The summed E-state index contributed by atoms with van der Waals surface area (Å²) < 4.78 is 13.2. The quantitative estimate of drug-likeness (QED) is 0.895. The fourth-order valence-corrected chi connectivity index (χ4v) is 2.14. The van der Waals surface area contributed by atoms with Crippen LogP contribution < -0.4 is 5.73 Å². The van der Waals surface area contributed by atoms with Crippen molar-refractivity contribution < 1.29 is 4.39 Å². The summed E-state index contributed by atoms with van der Waals surface area (Å²) in [6, 6.07) is 8.89. The number of benzene rings is 1. The van der Waals surface area contributed by atoms with Gasteiger partial charge >= 0.3 is 0 Å². The molecule has 1 aromatic carbocycles. The third kappa shape index (κ3) is 4.14. The zero-order valence-electron chi connectivity index (χ0n) is 11.1. The van der Waals surface area contributed by atoms with Crippen LogP contribution in [0.4, 0.5) is 4.39 Å². The minimum atomic E-state index is -0.194. The highest BCUT2D eigenvalue weighted by Crippen LogP contribution is 2.14. The van der Waals surface area contributed by atoms with E-state index in [0.717, 1.165) is 24.0 Å². The van der Waals surface area contributed by atoms with Gasteiger partial charge in [0.2, 0.25) is 0 Å². The molecule has 0 aliphatic rings. The fourth-order valence-electron chi connectivity index (χ4n) is 2.14. The molecular formula is C16H19FN2. The molecule has 0 radical (unpaired) electrons. The molecule has 0 bridgehead atoms. The zero-order valence-corrected chi connectivity index (χ0v) is 11.1. The summed E-state index contributed by atoms with van der Waals surface area (Å²) in [5, 5.41) is 0. The van der Waals surface area contributed by atoms with Gasteiger partial charge in [0, 0.05) is 18.4 Å². The molecule has 19 heavy (non-hydrogen) atoms. The van der Waals surface area contributed by atoms with Crippen LogP contribution in [0.3, 0.4) is 0 Å². The molecule has 0 aliphatic heterocycles. The average molecular weight is 258 g/mol. The number of aryl methyl sites for hydroxylation is 2. The van der Waals surface area contributed by atoms with Gasteiger partial charge in [-0.15, -0.1) is 0 Å². The lowest BCUT2D eigenvalue weighted by atomic mass is 9.97. The maximum absolute atomic E-state index is 13.2. The van der Waals surface area contributed by atoms with E-state index < -0.39 is 0 Å². The first-order chi connectivity index (χ1) is 9.15. The van der Waals surface area contributed by atoms with Gasteiger partial charge in [-0.25, -0.2) is 4.39 Å². The van der Waals surface area contributed by atoms with E-state index >= 15 is 0 Å². The third-order valence-electron chi connectivity index (χ3n) is 3.32. The Labute approximate surface area is 113 Å². The molecule has 0 saturated carbocycles. The Bertz CT molecular complexity index is 526. The van der Waals surface area contributed by atoms with Crippen LogP contribution in [0, 0.1) is 12.7 Å². The molecular weight excluding hydrogens is 239 g/mol. The molecule has 2 aromatic rings. The van der Waals surface area contributed by atoms with E-state index in [9.17, 15) is 4.39 Å². The van der Waals surface area contributed by atoms with E-state index in [4.69, 9.17) is 5.73 Å². The van der Waals surface area contributed by atoms with E-state index in [-0.39, 0.29) is 11.9 Å². The second-order valence-electron chi connectivity index (χ2n) is 4.93. The molecule has 0 spiro atoms. The van der Waals surface area contributed by atoms with Crippen molar-refractivity contribution in [3.63, 3.8) is 0 Å². The second kappa shape index (κ2) is 6.43. The Morgan fingerprint density at radius 2 is 2.16 bits per heavy atom. The molecule has 1 atom stereocenters. The van der Waals surface area contributed by atoms with Crippen LogP contribution in [0.1, 0.15) is 23.1 Å². The number of nitrogens with two attached hydrogens (primary N) is 1. The van der Waals surface area contributed by atoms with Gasteiger partial charge in [0.05, 0.1) is 0 Å². The smallest absolute Gasteiger partial charge is 0.123 e. The number of aromatic nitrogens is 1. The lowest BCUT2D eigenvalue weighted by Gasteiger charge is -2.13. The maximum Gasteiger partial charge on any atom is 0.123 e. The SMILES string of the molecule is Cc1ccc(F)cc1CC(N)CCc1cccnc1. The minimum absolute atomic E-state index is 0.0423. The van der Waals surface area contributed by atoms with E-state index in [1.165, 1.54) is 11.6 Å². The van der Waals surface area contributed by atoms with E-state index in [0.29, 0.717) is 6.42 Å². The summed E-state index contributed by atoms with van der Waals surface area (Å²) in [5.41, 5.74) is 9.41. The topological polar surface area (TPSA) is 38.9 Å². The Hall–Kier alpha value is -1.74. The van der Waals surface area contributed by atoms with E-state index in [1.807, 2.05) is 25.3 Å². The second-order valence-corrected chi connectivity index (χ2v) is 4.93. The molecule has 0 amide bonds. The minimum Gasteiger partial charge on any atom is -0.327 e. The first-order valence-electron chi connectivity index (χ1n) is 6.54. The number of pyridine rings is 1. The monoisotopic (exact) mass is 258 g/mol. The molecule has 0 saturated heterocycles. The van der Waals surface area contributed by atoms with Crippen molar-refractivity contribution in [3.05, 3.63) is 65.2 Å². The van der Waals surface area contributed by atoms with Crippen LogP contribution in [0.2, 0.25) is 0 Å². The Kier molecular flexibility index (Phi) is 4.63. The van der Waals surface area contributed by atoms with Crippen molar-refractivity contribution in [2.75, 3.05) is 0 Å². The number of hydrogen-bond acceptors (Lipinski definition) is 2. The summed E-state index contributed by atoms with van der Waals surface area (Å²) in [7, 11) is 0. The van der Waals surface area contributed by atoms with Gasteiger partial charge in [0.1, 0.15) is 5.82 Å². The summed E-state index contributed by atoms with van der Waals surface area (Å²) in [6.07, 6.45) is 6.12. The number of nitrogens with zero attached hydrogens (tertiary/aromatic N) is 1. The van der Waals surface area contributed by atoms with Crippen molar-refractivity contribution in [3.8, 4) is 0 Å². The largest absolute Gasteiger partial charge is 0.327 e. The highest BCUT2D eigenvalue weighted by Gasteiger charge is 2.08. The van der Waals surface area contributed by atoms with Gasteiger partial charge < -0.3 is 5.73 Å². The van der Waals surface area contributed by atoms with Gasteiger partial charge in [-0.1, -0.05) is 12.1 Å². The summed E-state index contributed by atoms with van der Waals surface area (Å²) >= 11 is 0. The molecule has 1 aromatic heterocycles. The van der Waals surface area contributed by atoms with Gasteiger partial charge in [-0.05, 0) is 61.1 Å². The van der Waals surface area contributed by atoms with Crippen molar-refractivity contribution in [2.24, 2.45) is 5.73 Å². The van der Waals surface area contributed by atoms with Gasteiger partial charge in [-0.2, -0.15) is 0 Å². The number of hydrogen-bond donors (Lipinski definition) is 1. The molecule has 100 valence electrons. The standard InChI is InChI=1S/C16H19FN2/c1-12-4-6-15(17)9-14(12)10-16(18)7-5-13-3-2-8-19-11-13/h2-4,6,8-9,11,16H,5,7,10,18H2,1H3. The highest BCUT2D eigenvalue weighted by molar-refractivity contribution is 5.27. The highest BCUT2D eigenvalue weighted by atomic mass is 19.1. The molecule has 2 nitrogen and oxygen atoms in total. The molecule has 1 unspecified atom stereocenters. The van der Waals surface area contributed by atoms with Gasteiger partial charge in [0.25, 0.3) is 0 Å². The lowest BCUT2D eigenvalue weighted by molar-refractivity contribution is 0.596. The van der Waals surface area contributed by atoms with E-state index in [1.54, 1.807) is 18.3 Å². The predicted molar refractivity (Wildman–Crippen MR) is 75.4 cm³/mol. The molecule has 2 N–H and O–H groups in total. The zero-order chi connectivity index (χ0) is 13.7. The fraction of sp³-hybridized carbons (Fsp3) is 0.312. The Morgan fingerprint density at radius 1 is 1.32 bits per heavy atom. The first-order valence-corrected chi connectivity index (χ1v) is 6.54. The predicted octanol–water partition coefficient (Wildman–Crippen LogP) is 3.03. The number of halogens is 1. The molecule has 2 rings (SSSR count). The Morgan fingerprint density at radius 3 is 2.89 bits per heavy atom. The van der Waals surface area contributed by atoms with Crippen LogP contribution in [-0.4, -0.2) is 11.0 Å². The van der Waals surface area contributed by atoms with Crippen LogP contribution in [0.25, 0.3) is 0 Å². The average Bonchev–Trinajstić information content (AvgIpc) is 2.42. The Balaban J connectivity index is 1.90. The molecule has 1 heterocycles. The van der Waals surface area contributed by atoms with E-state index in [2.05, 4.69) is 4.98 Å². The van der Waals surface area contributed by atoms with Crippen molar-refractivity contribution in [2.45, 2.75) is 32.2 Å². The van der Waals surface area contributed by atoms with Crippen molar-refractivity contribution in [1.82, 2.24) is 4.98 Å². The maximum atomic E-state index is 13.2. The van der Waals surface area contributed by atoms with Crippen LogP contribution >= 0.6 is 0 Å². The van der Waals surface area contributed by atoms with Crippen LogP contribution in [0.15, 0.2) is 42.7 Å². The van der Waals surface area contributed by atoms with Crippen molar-refractivity contribution >= 4 is 0 Å². The lowest BCUT2D eigenvalue weighted by Crippen LogP contribution is -2.24. The summed E-state index contributed by atoms with van der Waals surface area (Å²) in [6.45, 7) is 1.99. The normalized spacial score (nSPS) is 12.4. The summed E-state index contributed by atoms with van der Waals surface area (Å²) in [4.78, 5) is 4.08. The first kappa shape index (κ1) is 13.7. The van der Waals surface area contributed by atoms with Crippen molar-refractivity contribution in [1.29, 1.82) is 0 Å². The summed E-state index contributed by atoms with van der Waals surface area (Å²) in [5.74, 6) is -0.194. The van der Waals surface area contributed by atoms with Crippen LogP contribution in [0.5, 0.6) is 0 Å². The molecule has 3 heteroatoms. The third-order valence-corrected chi connectivity index (χ3v) is 3.32. The molecule has 0 aliphatic carbocycles. The van der Waals surface area contributed by atoms with Gasteiger partial charge in [-0.3, -0.25) is 4.98 Å². The molecule has 0 fully saturated rings. The van der Waals surface area contributed by atoms with Crippen LogP contribution in [-0.2, 0) is 12.8 Å². The van der Waals surface area contributed by atoms with Gasteiger partial charge in [0.15, 0.2) is 0 Å².